The second kappa shape index (κ2) is 9.78. The Morgan fingerprint density at radius 3 is 2.38 bits per heavy atom. The Bertz CT molecular complexity index is 940. The van der Waals surface area contributed by atoms with Crippen LogP contribution in [0.5, 0.6) is 5.75 Å². The molecule has 158 valence electrons. The molecular formula is C22H30N2O4S. The molecule has 0 saturated heterocycles. The quantitative estimate of drug-likeness (QED) is 0.664. The fourth-order valence-electron chi connectivity index (χ4n) is 3.14. The van der Waals surface area contributed by atoms with Crippen molar-refractivity contribution in [3.63, 3.8) is 0 Å². The van der Waals surface area contributed by atoms with Gasteiger partial charge >= 0.3 is 0 Å². The van der Waals surface area contributed by atoms with Crippen LogP contribution in [0, 0.1) is 6.92 Å². The average molecular weight is 419 g/mol. The van der Waals surface area contributed by atoms with E-state index in [0.717, 1.165) is 35.4 Å². The van der Waals surface area contributed by atoms with Crippen molar-refractivity contribution in [1.82, 2.24) is 0 Å². The third-order valence-electron chi connectivity index (χ3n) is 4.70. The third kappa shape index (κ3) is 5.97. The summed E-state index contributed by atoms with van der Waals surface area (Å²) >= 11 is 0. The molecule has 0 aliphatic rings. The molecule has 2 rings (SSSR count). The summed E-state index contributed by atoms with van der Waals surface area (Å²) in [6, 6.07) is 11.9. The van der Waals surface area contributed by atoms with E-state index < -0.39 is 22.0 Å². The first-order chi connectivity index (χ1) is 13.7. The molecule has 0 bridgehead atoms. The van der Waals surface area contributed by atoms with Crippen molar-refractivity contribution in [2.75, 3.05) is 23.0 Å². The third-order valence-corrected chi connectivity index (χ3v) is 5.93. The Morgan fingerprint density at radius 2 is 1.83 bits per heavy atom. The minimum Gasteiger partial charge on any atom is -0.495 e. The lowest BCUT2D eigenvalue weighted by atomic mass is 10.1. The molecule has 0 saturated carbocycles. The van der Waals surface area contributed by atoms with Crippen molar-refractivity contribution in [2.45, 2.75) is 46.1 Å². The highest BCUT2D eigenvalue weighted by atomic mass is 32.2. The molecule has 2 aromatic rings. The van der Waals surface area contributed by atoms with Crippen molar-refractivity contribution in [1.29, 1.82) is 0 Å². The van der Waals surface area contributed by atoms with Crippen LogP contribution in [-0.2, 0) is 21.2 Å². The van der Waals surface area contributed by atoms with E-state index in [1.807, 2.05) is 37.3 Å². The Hall–Kier alpha value is -2.54. The minimum absolute atomic E-state index is 0.340. The van der Waals surface area contributed by atoms with Gasteiger partial charge in [-0.25, -0.2) is 8.42 Å². The number of carbonyl (C=O) groups excluding carboxylic acids is 1. The van der Waals surface area contributed by atoms with Crippen LogP contribution in [-0.4, -0.2) is 33.7 Å². The Morgan fingerprint density at radius 1 is 1.17 bits per heavy atom. The maximum atomic E-state index is 12.9. The standard InChI is InChI=1S/C22H30N2O4S/c1-6-7-8-18-10-12-19(13-11-18)23-22(25)17(3)24(29(5,26)27)20-15-16(2)9-14-21(20)28-4/h9-15,17H,6-8H2,1-5H3,(H,23,25)/t17-/m1/s1. The summed E-state index contributed by atoms with van der Waals surface area (Å²) in [6.07, 6.45) is 4.32. The van der Waals surface area contributed by atoms with Crippen molar-refractivity contribution in [3.8, 4) is 5.75 Å². The normalized spacial score (nSPS) is 12.3. The zero-order chi connectivity index (χ0) is 21.6. The van der Waals surface area contributed by atoms with E-state index in [1.54, 1.807) is 19.1 Å². The number of ether oxygens (including phenoxy) is 1. The monoisotopic (exact) mass is 418 g/mol. The summed E-state index contributed by atoms with van der Waals surface area (Å²) in [6.45, 7) is 5.56. The lowest BCUT2D eigenvalue weighted by Gasteiger charge is -2.29. The van der Waals surface area contributed by atoms with E-state index in [1.165, 1.54) is 12.7 Å². The van der Waals surface area contributed by atoms with Crippen molar-refractivity contribution < 1.29 is 17.9 Å². The summed E-state index contributed by atoms with van der Waals surface area (Å²) in [4.78, 5) is 12.9. The van der Waals surface area contributed by atoms with Gasteiger partial charge < -0.3 is 10.1 Å². The number of carbonyl (C=O) groups is 1. The van der Waals surface area contributed by atoms with Crippen molar-refractivity contribution >= 4 is 27.3 Å². The topological polar surface area (TPSA) is 75.7 Å². The van der Waals surface area contributed by atoms with E-state index >= 15 is 0 Å². The summed E-state index contributed by atoms with van der Waals surface area (Å²) in [7, 11) is -2.26. The molecule has 29 heavy (non-hydrogen) atoms. The molecule has 0 unspecified atom stereocenters. The number of amides is 1. The first-order valence-corrected chi connectivity index (χ1v) is 11.6. The second-order valence-electron chi connectivity index (χ2n) is 7.20. The molecule has 1 amide bonds. The van der Waals surface area contributed by atoms with Gasteiger partial charge in [-0.05, 0) is 62.1 Å². The molecular weight excluding hydrogens is 388 g/mol. The number of rotatable bonds is 9. The lowest BCUT2D eigenvalue weighted by Crippen LogP contribution is -2.45. The van der Waals surface area contributed by atoms with Gasteiger partial charge in [0.1, 0.15) is 11.8 Å². The fraction of sp³-hybridized carbons (Fsp3) is 0.409. The van der Waals surface area contributed by atoms with Gasteiger partial charge in [-0.2, -0.15) is 0 Å². The van der Waals surface area contributed by atoms with Gasteiger partial charge in [0.15, 0.2) is 0 Å². The van der Waals surface area contributed by atoms with E-state index in [-0.39, 0.29) is 0 Å². The zero-order valence-electron chi connectivity index (χ0n) is 17.7. The zero-order valence-corrected chi connectivity index (χ0v) is 18.5. The first-order valence-electron chi connectivity index (χ1n) is 9.71. The number of hydrogen-bond donors (Lipinski definition) is 1. The van der Waals surface area contributed by atoms with Gasteiger partial charge in [-0.3, -0.25) is 9.10 Å². The summed E-state index contributed by atoms with van der Waals surface area (Å²) in [5.41, 5.74) is 3.05. The summed E-state index contributed by atoms with van der Waals surface area (Å²) in [5, 5.41) is 2.81. The second-order valence-corrected chi connectivity index (χ2v) is 9.06. The van der Waals surface area contributed by atoms with Crippen LogP contribution in [0.1, 0.15) is 37.8 Å². The molecule has 6 nitrogen and oxygen atoms in total. The summed E-state index contributed by atoms with van der Waals surface area (Å²) in [5.74, 6) is -0.0266. The van der Waals surface area contributed by atoms with Crippen LogP contribution >= 0.6 is 0 Å². The Balaban J connectivity index is 2.27. The molecule has 0 aliphatic carbocycles. The van der Waals surface area contributed by atoms with Gasteiger partial charge in [-0.15, -0.1) is 0 Å². The molecule has 2 aromatic carbocycles. The van der Waals surface area contributed by atoms with Crippen LogP contribution in [0.15, 0.2) is 42.5 Å². The van der Waals surface area contributed by atoms with Gasteiger partial charge in [0, 0.05) is 5.69 Å². The maximum Gasteiger partial charge on any atom is 0.247 e. The van der Waals surface area contributed by atoms with E-state index in [2.05, 4.69) is 12.2 Å². The van der Waals surface area contributed by atoms with Crippen LogP contribution < -0.4 is 14.4 Å². The van der Waals surface area contributed by atoms with Crippen LogP contribution in [0.3, 0.4) is 0 Å². The molecule has 0 heterocycles. The highest BCUT2D eigenvalue weighted by Crippen LogP contribution is 2.32. The molecule has 7 heteroatoms. The van der Waals surface area contributed by atoms with Crippen LogP contribution in [0.4, 0.5) is 11.4 Å². The van der Waals surface area contributed by atoms with Crippen molar-refractivity contribution in [3.05, 3.63) is 53.6 Å². The molecule has 0 aromatic heterocycles. The largest absolute Gasteiger partial charge is 0.495 e. The minimum atomic E-state index is -3.73. The fourth-order valence-corrected chi connectivity index (χ4v) is 4.31. The van der Waals surface area contributed by atoms with E-state index in [4.69, 9.17) is 4.74 Å². The number of benzene rings is 2. The molecule has 0 aliphatic heterocycles. The van der Waals surface area contributed by atoms with Crippen LogP contribution in [0.25, 0.3) is 0 Å². The molecule has 0 radical (unpaired) electrons. The van der Waals surface area contributed by atoms with Gasteiger partial charge in [0.25, 0.3) is 0 Å². The van der Waals surface area contributed by atoms with Gasteiger partial charge in [-0.1, -0.05) is 31.5 Å². The van der Waals surface area contributed by atoms with E-state index in [0.29, 0.717) is 17.1 Å². The van der Waals surface area contributed by atoms with Gasteiger partial charge in [0.05, 0.1) is 19.1 Å². The summed E-state index contributed by atoms with van der Waals surface area (Å²) < 4.78 is 31.5. The smallest absolute Gasteiger partial charge is 0.247 e. The predicted molar refractivity (Wildman–Crippen MR) is 118 cm³/mol. The number of unbranched alkanes of at least 4 members (excludes halogenated alkanes) is 1. The van der Waals surface area contributed by atoms with Crippen molar-refractivity contribution in [2.24, 2.45) is 0 Å². The lowest BCUT2D eigenvalue weighted by molar-refractivity contribution is -0.116. The molecule has 1 atom stereocenters. The molecule has 0 spiro atoms. The first kappa shape index (κ1) is 22.7. The molecule has 1 N–H and O–H groups in total. The Labute approximate surface area is 173 Å². The number of methoxy groups -OCH3 is 1. The number of nitrogens with one attached hydrogen (secondary N) is 1. The highest BCUT2D eigenvalue weighted by Gasteiger charge is 2.31. The van der Waals surface area contributed by atoms with E-state index in [9.17, 15) is 13.2 Å². The van der Waals surface area contributed by atoms with Crippen LogP contribution in [0.2, 0.25) is 0 Å². The number of aryl methyl sites for hydroxylation is 2. The number of anilines is 2. The SMILES string of the molecule is CCCCc1ccc(NC(=O)[C@@H](C)N(c2cc(C)ccc2OC)S(C)(=O)=O)cc1. The maximum absolute atomic E-state index is 12.9. The predicted octanol–water partition coefficient (Wildman–Crippen LogP) is 4.14. The number of nitrogens with zero attached hydrogens (tertiary/aromatic N) is 1. The van der Waals surface area contributed by atoms with Gasteiger partial charge in [0.2, 0.25) is 15.9 Å². The number of sulfonamides is 1. The molecule has 0 fully saturated rings. The Kier molecular flexibility index (Phi) is 7.67. The number of hydrogen-bond acceptors (Lipinski definition) is 4. The average Bonchev–Trinajstić information content (AvgIpc) is 2.66. The highest BCUT2D eigenvalue weighted by molar-refractivity contribution is 7.92.